The molecule has 0 saturated carbocycles. The standard InChI is InChI=1S/C23H16N2O4/c1-23(28)17-8-4-5-9-18(17)25(22(23)27)20-13-14(10-11-24-20)12-19-15-6-2-3-7-16(15)21(26)29-19/h2-13,28H,1H3. The highest BCUT2D eigenvalue weighted by Gasteiger charge is 2.47. The molecule has 1 N–H and O–H groups in total. The number of esters is 1. The highest BCUT2D eigenvalue weighted by Crippen LogP contribution is 2.43. The number of fused-ring (bicyclic) bond motifs is 2. The zero-order chi connectivity index (χ0) is 20.2. The van der Waals surface area contributed by atoms with Crippen LogP contribution >= 0.6 is 0 Å². The Bertz CT molecular complexity index is 1210. The molecule has 29 heavy (non-hydrogen) atoms. The summed E-state index contributed by atoms with van der Waals surface area (Å²) in [5.41, 5.74) is 1.47. The molecule has 0 saturated heterocycles. The van der Waals surface area contributed by atoms with Gasteiger partial charge < -0.3 is 9.84 Å². The summed E-state index contributed by atoms with van der Waals surface area (Å²) in [5.74, 6) is -0.0236. The lowest BCUT2D eigenvalue weighted by Gasteiger charge is -2.19. The van der Waals surface area contributed by atoms with Gasteiger partial charge in [0.15, 0.2) is 5.60 Å². The number of rotatable bonds is 2. The van der Waals surface area contributed by atoms with E-state index < -0.39 is 11.5 Å². The van der Waals surface area contributed by atoms with Gasteiger partial charge in [-0.05, 0) is 42.8 Å². The average Bonchev–Trinajstić information content (AvgIpc) is 3.14. The normalized spacial score (nSPS) is 21.3. The van der Waals surface area contributed by atoms with Gasteiger partial charge in [0.2, 0.25) is 0 Å². The van der Waals surface area contributed by atoms with Crippen LogP contribution in [0.25, 0.3) is 11.8 Å². The van der Waals surface area contributed by atoms with E-state index in [0.29, 0.717) is 34.0 Å². The lowest BCUT2D eigenvalue weighted by molar-refractivity contribution is -0.133. The van der Waals surface area contributed by atoms with Crippen LogP contribution in [0.15, 0.2) is 66.9 Å². The number of para-hydroxylation sites is 1. The number of aromatic nitrogens is 1. The summed E-state index contributed by atoms with van der Waals surface area (Å²) >= 11 is 0. The molecule has 0 bridgehead atoms. The molecule has 5 rings (SSSR count). The number of aliphatic hydroxyl groups is 1. The lowest BCUT2D eigenvalue weighted by atomic mass is 9.98. The number of anilines is 2. The fraction of sp³-hybridized carbons (Fsp3) is 0.0870. The van der Waals surface area contributed by atoms with Crippen LogP contribution in [0.5, 0.6) is 0 Å². The predicted octanol–water partition coefficient (Wildman–Crippen LogP) is 3.64. The van der Waals surface area contributed by atoms with E-state index in [1.807, 2.05) is 12.1 Å². The quantitative estimate of drug-likeness (QED) is 0.683. The summed E-state index contributed by atoms with van der Waals surface area (Å²) in [7, 11) is 0. The number of carbonyl (C=O) groups excluding carboxylic acids is 2. The number of cyclic esters (lactones) is 1. The zero-order valence-electron chi connectivity index (χ0n) is 15.5. The minimum absolute atomic E-state index is 0.382. The van der Waals surface area contributed by atoms with Crippen LogP contribution in [0.1, 0.15) is 34.0 Å². The molecule has 0 radical (unpaired) electrons. The van der Waals surface area contributed by atoms with E-state index in [4.69, 9.17) is 4.74 Å². The van der Waals surface area contributed by atoms with Gasteiger partial charge in [-0.15, -0.1) is 0 Å². The first kappa shape index (κ1) is 17.3. The molecule has 0 spiro atoms. The number of hydrogen-bond acceptors (Lipinski definition) is 5. The summed E-state index contributed by atoms with van der Waals surface area (Å²) < 4.78 is 5.39. The Kier molecular flexibility index (Phi) is 3.66. The molecule has 3 aromatic rings. The van der Waals surface area contributed by atoms with E-state index in [-0.39, 0.29) is 5.97 Å². The number of pyridine rings is 1. The maximum Gasteiger partial charge on any atom is 0.344 e. The minimum Gasteiger partial charge on any atom is -0.422 e. The topological polar surface area (TPSA) is 79.7 Å². The van der Waals surface area contributed by atoms with Gasteiger partial charge in [0.25, 0.3) is 5.91 Å². The van der Waals surface area contributed by atoms with E-state index in [1.54, 1.807) is 60.8 Å². The molecule has 142 valence electrons. The average molecular weight is 384 g/mol. The van der Waals surface area contributed by atoms with Crippen molar-refractivity contribution in [3.05, 3.63) is 89.1 Å². The Hall–Kier alpha value is -3.77. The van der Waals surface area contributed by atoms with Gasteiger partial charge in [-0.25, -0.2) is 9.78 Å². The highest BCUT2D eigenvalue weighted by atomic mass is 16.5. The zero-order valence-corrected chi connectivity index (χ0v) is 15.5. The molecule has 1 amide bonds. The number of amides is 1. The predicted molar refractivity (Wildman–Crippen MR) is 107 cm³/mol. The number of ether oxygens (including phenoxy) is 1. The molecule has 1 atom stereocenters. The second-order valence-electron chi connectivity index (χ2n) is 7.12. The summed E-state index contributed by atoms with van der Waals surface area (Å²) in [4.78, 5) is 30.7. The van der Waals surface area contributed by atoms with E-state index in [9.17, 15) is 14.7 Å². The van der Waals surface area contributed by atoms with Crippen LogP contribution in [-0.4, -0.2) is 22.0 Å². The van der Waals surface area contributed by atoms with Gasteiger partial charge in [-0.2, -0.15) is 0 Å². The molecule has 0 fully saturated rings. The van der Waals surface area contributed by atoms with Crippen LogP contribution in [-0.2, 0) is 15.1 Å². The first-order valence-electron chi connectivity index (χ1n) is 9.12. The Morgan fingerprint density at radius 3 is 2.59 bits per heavy atom. The lowest BCUT2D eigenvalue weighted by Crippen LogP contribution is -2.35. The van der Waals surface area contributed by atoms with Crippen LogP contribution in [0.2, 0.25) is 0 Å². The maximum atomic E-state index is 12.9. The molecule has 1 unspecified atom stereocenters. The van der Waals surface area contributed by atoms with Crippen LogP contribution in [0.4, 0.5) is 11.5 Å². The van der Waals surface area contributed by atoms with E-state index in [2.05, 4.69) is 4.98 Å². The first-order chi connectivity index (χ1) is 14.0. The van der Waals surface area contributed by atoms with Crippen molar-refractivity contribution in [1.29, 1.82) is 0 Å². The Labute approximate surface area is 166 Å². The van der Waals surface area contributed by atoms with Crippen molar-refractivity contribution in [3.63, 3.8) is 0 Å². The molecule has 1 aromatic heterocycles. The molecule has 0 aliphatic carbocycles. The van der Waals surface area contributed by atoms with Crippen LogP contribution < -0.4 is 4.90 Å². The van der Waals surface area contributed by atoms with E-state index >= 15 is 0 Å². The summed E-state index contributed by atoms with van der Waals surface area (Å²) in [6.07, 6.45) is 3.31. The van der Waals surface area contributed by atoms with Crippen molar-refractivity contribution < 1.29 is 19.4 Å². The van der Waals surface area contributed by atoms with Crippen molar-refractivity contribution >= 4 is 35.2 Å². The third kappa shape index (κ3) is 2.57. The molecule has 2 aliphatic heterocycles. The number of hydrogen-bond donors (Lipinski definition) is 1. The van der Waals surface area contributed by atoms with Gasteiger partial charge in [-0.3, -0.25) is 9.69 Å². The smallest absolute Gasteiger partial charge is 0.344 e. The maximum absolute atomic E-state index is 12.9. The molecule has 2 aromatic carbocycles. The van der Waals surface area contributed by atoms with Crippen molar-refractivity contribution in [2.45, 2.75) is 12.5 Å². The fourth-order valence-corrected chi connectivity index (χ4v) is 3.74. The van der Waals surface area contributed by atoms with Crippen LogP contribution in [0, 0.1) is 0 Å². The van der Waals surface area contributed by atoms with Gasteiger partial charge in [0, 0.05) is 17.3 Å². The molecular formula is C23H16N2O4. The summed E-state index contributed by atoms with van der Waals surface area (Å²) in [6, 6.07) is 17.7. The molecular weight excluding hydrogens is 368 g/mol. The number of carbonyl (C=O) groups is 2. The number of benzene rings is 2. The summed E-state index contributed by atoms with van der Waals surface area (Å²) in [5, 5.41) is 10.7. The van der Waals surface area contributed by atoms with Crippen molar-refractivity contribution in [2.75, 3.05) is 4.90 Å². The summed E-state index contributed by atoms with van der Waals surface area (Å²) in [6.45, 7) is 1.48. The van der Waals surface area contributed by atoms with E-state index in [1.165, 1.54) is 11.8 Å². The first-order valence-corrected chi connectivity index (χ1v) is 9.12. The molecule has 6 nitrogen and oxygen atoms in total. The Morgan fingerprint density at radius 2 is 1.76 bits per heavy atom. The van der Waals surface area contributed by atoms with E-state index in [0.717, 1.165) is 5.56 Å². The Balaban J connectivity index is 1.57. The second-order valence-corrected chi connectivity index (χ2v) is 7.12. The van der Waals surface area contributed by atoms with Crippen molar-refractivity contribution in [1.82, 2.24) is 4.98 Å². The molecule has 6 heteroatoms. The monoisotopic (exact) mass is 384 g/mol. The van der Waals surface area contributed by atoms with Gasteiger partial charge >= 0.3 is 5.97 Å². The van der Waals surface area contributed by atoms with Gasteiger partial charge in [0.05, 0.1) is 11.3 Å². The third-order valence-corrected chi connectivity index (χ3v) is 5.20. The van der Waals surface area contributed by atoms with Crippen molar-refractivity contribution in [2.24, 2.45) is 0 Å². The minimum atomic E-state index is -1.62. The third-order valence-electron chi connectivity index (χ3n) is 5.20. The number of nitrogens with zero attached hydrogens (tertiary/aromatic N) is 2. The molecule has 2 aliphatic rings. The highest BCUT2D eigenvalue weighted by molar-refractivity contribution is 6.11. The largest absolute Gasteiger partial charge is 0.422 e. The van der Waals surface area contributed by atoms with Crippen molar-refractivity contribution in [3.8, 4) is 0 Å². The fourth-order valence-electron chi connectivity index (χ4n) is 3.74. The van der Waals surface area contributed by atoms with Crippen LogP contribution in [0.3, 0.4) is 0 Å². The van der Waals surface area contributed by atoms with Gasteiger partial charge in [0.1, 0.15) is 11.6 Å². The Morgan fingerprint density at radius 1 is 1.03 bits per heavy atom. The molecule has 3 heterocycles. The van der Waals surface area contributed by atoms with Gasteiger partial charge in [-0.1, -0.05) is 36.4 Å². The SMILES string of the molecule is CC1(O)C(=O)N(c2cc(C=C3OC(=O)c4ccccc43)ccn2)c2ccccc21. The second kappa shape index (κ2) is 6.12.